The molecular weight excluding hydrogens is 454 g/mol. The molecule has 0 aromatic heterocycles. The van der Waals surface area contributed by atoms with Crippen LogP contribution < -0.4 is 14.9 Å². The number of anilines is 2. The Bertz CT molecular complexity index is 1200. The second-order valence-corrected chi connectivity index (χ2v) is 8.70. The molecule has 1 atom stereocenters. The molecule has 13 heteroatoms. The molecule has 0 fully saturated rings. The first-order valence-corrected chi connectivity index (χ1v) is 10.9. The van der Waals surface area contributed by atoms with Crippen LogP contribution in [0.25, 0.3) is 0 Å². The van der Waals surface area contributed by atoms with Crippen molar-refractivity contribution in [1.82, 2.24) is 4.72 Å². The van der Waals surface area contributed by atoms with Gasteiger partial charge in [0.1, 0.15) is 12.2 Å². The van der Waals surface area contributed by atoms with Gasteiger partial charge in [-0.1, -0.05) is 0 Å². The Balaban J connectivity index is 1.98. The second kappa shape index (κ2) is 10.5. The van der Waals surface area contributed by atoms with E-state index in [-0.39, 0.29) is 5.69 Å². The highest BCUT2D eigenvalue weighted by atomic mass is 32.2. The normalized spacial score (nSPS) is 11.7. The molecule has 0 saturated carbocycles. The number of carbonyl (C=O) groups is 2. The van der Waals surface area contributed by atoms with Crippen LogP contribution in [0.4, 0.5) is 17.1 Å². The summed E-state index contributed by atoms with van der Waals surface area (Å²) in [6, 6.07) is 11.3. The van der Waals surface area contributed by atoms with E-state index in [0.717, 1.165) is 6.07 Å². The van der Waals surface area contributed by atoms with E-state index in [0.29, 0.717) is 11.3 Å². The average Bonchev–Trinajstić information content (AvgIpc) is 2.77. The van der Waals surface area contributed by atoms with E-state index in [9.17, 15) is 28.1 Å². The number of ether oxygens (including phenoxy) is 1. The van der Waals surface area contributed by atoms with Crippen LogP contribution in [0.3, 0.4) is 0 Å². The number of nitro groups is 1. The minimum atomic E-state index is -4.27. The van der Waals surface area contributed by atoms with Crippen molar-refractivity contribution in [2.75, 3.05) is 30.9 Å². The zero-order valence-corrected chi connectivity index (χ0v) is 18.8. The van der Waals surface area contributed by atoms with Crippen LogP contribution in [-0.2, 0) is 24.3 Å². The molecule has 1 amide bonds. The predicted molar refractivity (Wildman–Crippen MR) is 118 cm³/mol. The maximum absolute atomic E-state index is 12.4. The topological polar surface area (TPSA) is 172 Å². The fourth-order valence-corrected chi connectivity index (χ4v) is 3.58. The molecule has 2 aromatic carbocycles. The zero-order chi connectivity index (χ0) is 24.8. The van der Waals surface area contributed by atoms with Gasteiger partial charge in [-0.25, -0.2) is 8.42 Å². The average molecular weight is 475 g/mol. The van der Waals surface area contributed by atoms with Gasteiger partial charge in [-0.15, -0.1) is 0 Å². The maximum atomic E-state index is 12.4. The number of nitrogens with zero attached hydrogens (tertiary/aromatic N) is 3. The molecule has 0 aliphatic rings. The number of nitro benzene ring substituents is 1. The van der Waals surface area contributed by atoms with Crippen molar-refractivity contribution in [2.24, 2.45) is 0 Å². The highest BCUT2D eigenvalue weighted by Gasteiger charge is 2.24. The second-order valence-electron chi connectivity index (χ2n) is 6.94. The van der Waals surface area contributed by atoms with Gasteiger partial charge in [0.05, 0.1) is 21.5 Å². The Labute approximate surface area is 190 Å². The summed E-state index contributed by atoms with van der Waals surface area (Å²) < 4.78 is 31.8. The van der Waals surface area contributed by atoms with E-state index in [1.807, 2.05) is 10.8 Å². The molecule has 0 saturated heterocycles. The van der Waals surface area contributed by atoms with E-state index in [1.165, 1.54) is 48.2 Å². The van der Waals surface area contributed by atoms with Crippen LogP contribution >= 0.6 is 0 Å². The summed E-state index contributed by atoms with van der Waals surface area (Å²) in [5.74, 6) is -1.69. The van der Waals surface area contributed by atoms with Gasteiger partial charge in [0.15, 0.2) is 6.10 Å². The molecule has 2 rings (SSSR count). The minimum absolute atomic E-state index is 0.209. The van der Waals surface area contributed by atoms with Crippen molar-refractivity contribution in [2.45, 2.75) is 17.9 Å². The van der Waals surface area contributed by atoms with E-state index < -0.39 is 50.1 Å². The summed E-state index contributed by atoms with van der Waals surface area (Å²) in [4.78, 5) is 35.8. The number of hydrogen-bond donors (Lipinski definition) is 2. The molecule has 12 nitrogen and oxygen atoms in total. The third-order valence-electron chi connectivity index (χ3n) is 4.30. The van der Waals surface area contributed by atoms with Gasteiger partial charge in [-0.05, 0) is 43.3 Å². The largest absolute Gasteiger partial charge is 0.452 e. The molecule has 0 heterocycles. The van der Waals surface area contributed by atoms with Crippen molar-refractivity contribution < 1.29 is 27.7 Å². The first kappa shape index (κ1) is 25.2. The Kier molecular flexibility index (Phi) is 8.05. The van der Waals surface area contributed by atoms with Gasteiger partial charge in [0.25, 0.3) is 11.6 Å². The van der Waals surface area contributed by atoms with Crippen molar-refractivity contribution in [3.63, 3.8) is 0 Å². The number of sulfonamides is 1. The number of hydrogen-bond acceptors (Lipinski definition) is 9. The predicted octanol–water partition coefficient (Wildman–Crippen LogP) is 1.38. The number of nitrogens with one attached hydrogen (secondary N) is 2. The Morgan fingerprint density at radius 1 is 1.21 bits per heavy atom. The number of rotatable bonds is 9. The summed E-state index contributed by atoms with van der Waals surface area (Å²) in [6.07, 6.45) is -1.24. The fourth-order valence-electron chi connectivity index (χ4n) is 2.60. The highest BCUT2D eigenvalue weighted by Crippen LogP contribution is 2.29. The summed E-state index contributed by atoms with van der Waals surface area (Å²) in [5.41, 5.74) is 0.575. The Hall–Kier alpha value is -4.02. The van der Waals surface area contributed by atoms with Crippen molar-refractivity contribution in [3.05, 3.63) is 58.1 Å². The molecule has 174 valence electrons. The lowest BCUT2D eigenvalue weighted by Gasteiger charge is -2.15. The van der Waals surface area contributed by atoms with Crippen LogP contribution in [0, 0.1) is 21.4 Å². The van der Waals surface area contributed by atoms with Crippen LogP contribution in [-0.4, -0.2) is 52.0 Å². The van der Waals surface area contributed by atoms with Gasteiger partial charge in [-0.2, -0.15) is 9.98 Å². The van der Waals surface area contributed by atoms with Crippen LogP contribution in [0.15, 0.2) is 47.4 Å². The molecule has 0 spiro atoms. The number of carbonyl (C=O) groups excluding carboxylic acids is 2. The zero-order valence-electron chi connectivity index (χ0n) is 17.9. The van der Waals surface area contributed by atoms with Crippen molar-refractivity contribution in [3.8, 4) is 6.07 Å². The number of nitriles is 1. The summed E-state index contributed by atoms with van der Waals surface area (Å²) in [6.45, 7) is 0.509. The number of benzene rings is 2. The van der Waals surface area contributed by atoms with Gasteiger partial charge in [0.2, 0.25) is 10.0 Å². The molecule has 2 aromatic rings. The molecule has 33 heavy (non-hydrogen) atoms. The van der Waals surface area contributed by atoms with Crippen molar-refractivity contribution in [1.29, 1.82) is 5.26 Å². The molecule has 2 N–H and O–H groups in total. The molecule has 1 unspecified atom stereocenters. The van der Waals surface area contributed by atoms with E-state index in [2.05, 4.69) is 5.32 Å². The third kappa shape index (κ3) is 6.73. The standard InChI is InChI=1S/C20H21N5O7S/c1-13(20(27)23-15-6-4-14(11-21)5-7-15)32-19(26)12-22-33(30,31)16-8-9-17(24(2)3)18(10-16)25(28)29/h4-10,13,22H,12H2,1-3H3,(H,23,27). The first-order valence-electron chi connectivity index (χ1n) is 9.40. The van der Waals surface area contributed by atoms with Gasteiger partial charge < -0.3 is 15.0 Å². The molecule has 0 radical (unpaired) electrons. The molecule has 0 aliphatic carbocycles. The smallest absolute Gasteiger partial charge is 0.321 e. The van der Waals surface area contributed by atoms with Gasteiger partial charge in [0, 0.05) is 25.8 Å². The van der Waals surface area contributed by atoms with E-state index in [1.54, 1.807) is 14.1 Å². The fraction of sp³-hybridized carbons (Fsp3) is 0.250. The lowest BCUT2D eigenvalue weighted by molar-refractivity contribution is -0.384. The van der Waals surface area contributed by atoms with Crippen LogP contribution in [0.2, 0.25) is 0 Å². The molecule has 0 bridgehead atoms. The monoisotopic (exact) mass is 475 g/mol. The minimum Gasteiger partial charge on any atom is -0.452 e. The van der Waals surface area contributed by atoms with Gasteiger partial charge >= 0.3 is 5.97 Å². The first-order chi connectivity index (χ1) is 15.4. The lowest BCUT2D eigenvalue weighted by Crippen LogP contribution is -2.35. The highest BCUT2D eigenvalue weighted by molar-refractivity contribution is 7.89. The number of amides is 1. The van der Waals surface area contributed by atoms with E-state index >= 15 is 0 Å². The summed E-state index contributed by atoms with van der Waals surface area (Å²) >= 11 is 0. The van der Waals surface area contributed by atoms with E-state index in [4.69, 9.17) is 10.00 Å². The Morgan fingerprint density at radius 2 is 1.85 bits per heavy atom. The summed E-state index contributed by atoms with van der Waals surface area (Å²) in [7, 11) is -1.12. The lowest BCUT2D eigenvalue weighted by atomic mass is 10.2. The number of esters is 1. The quantitative estimate of drug-likeness (QED) is 0.309. The van der Waals surface area contributed by atoms with Crippen molar-refractivity contribution >= 4 is 39.0 Å². The van der Waals surface area contributed by atoms with Crippen LogP contribution in [0.5, 0.6) is 0 Å². The SMILES string of the molecule is CC(OC(=O)CNS(=O)(=O)c1ccc(N(C)C)c([N+](=O)[O-])c1)C(=O)Nc1ccc(C#N)cc1. The third-order valence-corrected chi connectivity index (χ3v) is 5.70. The van der Waals surface area contributed by atoms with Crippen LogP contribution in [0.1, 0.15) is 12.5 Å². The summed E-state index contributed by atoms with van der Waals surface area (Å²) in [5, 5.41) is 22.5. The molecule has 0 aliphatic heterocycles. The maximum Gasteiger partial charge on any atom is 0.321 e. The molecular formula is C20H21N5O7S. The Morgan fingerprint density at radius 3 is 2.39 bits per heavy atom. The van der Waals surface area contributed by atoms with Gasteiger partial charge in [-0.3, -0.25) is 19.7 Å².